The lowest BCUT2D eigenvalue weighted by Crippen LogP contribution is -2.41. The number of hydrogen-bond acceptors (Lipinski definition) is 4. The van der Waals surface area contributed by atoms with Gasteiger partial charge in [0.2, 0.25) is 5.91 Å². The van der Waals surface area contributed by atoms with Crippen LogP contribution in [0.2, 0.25) is 0 Å². The van der Waals surface area contributed by atoms with E-state index in [1.165, 1.54) is 37.4 Å². The predicted molar refractivity (Wildman–Crippen MR) is 90.4 cm³/mol. The maximum atomic E-state index is 12.2. The summed E-state index contributed by atoms with van der Waals surface area (Å²) in [5, 5.41) is 10.2. The summed E-state index contributed by atoms with van der Waals surface area (Å²) in [7, 11) is 0. The van der Waals surface area contributed by atoms with Crippen molar-refractivity contribution in [2.45, 2.75) is 63.7 Å². The topological polar surface area (TPSA) is 79.8 Å². The fourth-order valence-corrected chi connectivity index (χ4v) is 5.06. The van der Waals surface area contributed by atoms with E-state index in [1.807, 2.05) is 6.92 Å². The molecule has 4 atom stereocenters. The Balaban J connectivity index is 1.49. The van der Waals surface area contributed by atoms with Crippen molar-refractivity contribution in [3.63, 3.8) is 0 Å². The number of nitrogens with zero attached hydrogens (tertiary/aromatic N) is 2. The number of thioether (sulfide) groups is 1. The summed E-state index contributed by atoms with van der Waals surface area (Å²) in [6.45, 7) is 4.77. The molecule has 2 bridgehead atoms. The highest BCUT2D eigenvalue weighted by Gasteiger charge is 2.42. The molecule has 0 radical (unpaired) electrons. The zero-order valence-electron chi connectivity index (χ0n) is 13.9. The van der Waals surface area contributed by atoms with Gasteiger partial charge in [0.15, 0.2) is 5.16 Å². The van der Waals surface area contributed by atoms with Crippen molar-refractivity contribution in [1.82, 2.24) is 20.1 Å². The lowest BCUT2D eigenvalue weighted by atomic mass is 9.84. The molecule has 0 saturated heterocycles. The van der Waals surface area contributed by atoms with Gasteiger partial charge in [0, 0.05) is 12.6 Å². The number of carbonyl (C=O) groups excluding carboxylic acids is 1. The first-order valence-corrected chi connectivity index (χ1v) is 9.64. The first-order chi connectivity index (χ1) is 11.1. The third-order valence-electron chi connectivity index (χ3n) is 5.33. The Hall–Kier alpha value is -1.24. The molecule has 6 nitrogen and oxygen atoms in total. The first-order valence-electron chi connectivity index (χ1n) is 8.65. The Labute approximate surface area is 140 Å². The minimum absolute atomic E-state index is 0.0313. The number of fused-ring (bicyclic) bond motifs is 2. The largest absolute Gasteiger partial charge is 0.353 e. The van der Waals surface area contributed by atoms with Gasteiger partial charge in [0.1, 0.15) is 0 Å². The number of amides is 1. The second kappa shape index (κ2) is 7.11. The van der Waals surface area contributed by atoms with Gasteiger partial charge in [-0.1, -0.05) is 25.1 Å². The maximum absolute atomic E-state index is 12.2. The van der Waals surface area contributed by atoms with Crippen LogP contribution in [0, 0.1) is 17.8 Å². The minimum Gasteiger partial charge on any atom is -0.353 e. The van der Waals surface area contributed by atoms with Crippen LogP contribution in [0.1, 0.15) is 46.0 Å². The Bertz CT molecular complexity index is 611. The van der Waals surface area contributed by atoms with E-state index in [9.17, 15) is 9.59 Å². The summed E-state index contributed by atoms with van der Waals surface area (Å²) >= 11 is 1.32. The zero-order chi connectivity index (χ0) is 16.4. The van der Waals surface area contributed by atoms with Gasteiger partial charge in [-0.3, -0.25) is 9.36 Å². The summed E-state index contributed by atoms with van der Waals surface area (Å²) in [5.74, 6) is 2.68. The number of rotatable bonds is 7. The average molecular weight is 338 g/mol. The summed E-state index contributed by atoms with van der Waals surface area (Å²) in [6, 6.07) is 0.246. The summed E-state index contributed by atoms with van der Waals surface area (Å²) in [4.78, 5) is 23.8. The monoisotopic (exact) mass is 338 g/mol. The smallest absolute Gasteiger partial charge is 0.343 e. The van der Waals surface area contributed by atoms with E-state index in [4.69, 9.17) is 0 Å². The molecule has 2 aliphatic carbocycles. The van der Waals surface area contributed by atoms with Crippen LogP contribution in [-0.4, -0.2) is 32.5 Å². The van der Waals surface area contributed by atoms with E-state index in [2.05, 4.69) is 22.4 Å². The van der Waals surface area contributed by atoms with Crippen molar-refractivity contribution in [1.29, 1.82) is 0 Å². The molecule has 2 aliphatic rings. The molecule has 2 fully saturated rings. The molecular formula is C16H26N4O2S. The van der Waals surface area contributed by atoms with E-state index < -0.39 is 0 Å². The zero-order valence-corrected chi connectivity index (χ0v) is 14.7. The average Bonchev–Trinajstić information content (AvgIpc) is 3.23. The van der Waals surface area contributed by atoms with Crippen LogP contribution in [0.15, 0.2) is 9.95 Å². The van der Waals surface area contributed by atoms with E-state index in [-0.39, 0.29) is 17.6 Å². The molecule has 2 N–H and O–H groups in total. The fourth-order valence-electron chi connectivity index (χ4n) is 4.27. The Kier molecular flexibility index (Phi) is 5.14. The SMILES string of the molecule is CCCn1c(SCC(=O)NC(C)C2CC3CCC2C3)n[nH]c1=O. The van der Waals surface area contributed by atoms with Gasteiger partial charge in [0.25, 0.3) is 0 Å². The van der Waals surface area contributed by atoms with Gasteiger partial charge in [0.05, 0.1) is 5.75 Å². The van der Waals surface area contributed by atoms with Gasteiger partial charge in [-0.25, -0.2) is 9.89 Å². The second-order valence-electron chi connectivity index (χ2n) is 6.95. The number of nitrogens with one attached hydrogen (secondary N) is 2. The van der Waals surface area contributed by atoms with Gasteiger partial charge < -0.3 is 5.32 Å². The lowest BCUT2D eigenvalue weighted by Gasteiger charge is -2.28. The van der Waals surface area contributed by atoms with Crippen molar-refractivity contribution < 1.29 is 4.79 Å². The molecule has 1 aromatic heterocycles. The Morgan fingerprint density at radius 1 is 1.48 bits per heavy atom. The highest BCUT2D eigenvalue weighted by molar-refractivity contribution is 7.99. The van der Waals surface area contributed by atoms with Crippen LogP contribution in [0.5, 0.6) is 0 Å². The highest BCUT2D eigenvalue weighted by Crippen LogP contribution is 2.49. The van der Waals surface area contributed by atoms with Gasteiger partial charge >= 0.3 is 5.69 Å². The van der Waals surface area contributed by atoms with Crippen molar-refractivity contribution in [2.24, 2.45) is 17.8 Å². The number of aromatic amines is 1. The molecule has 0 spiro atoms. The molecule has 3 rings (SSSR count). The van der Waals surface area contributed by atoms with Crippen LogP contribution in [-0.2, 0) is 11.3 Å². The van der Waals surface area contributed by atoms with E-state index >= 15 is 0 Å². The van der Waals surface area contributed by atoms with Crippen molar-refractivity contribution in [2.75, 3.05) is 5.75 Å². The summed E-state index contributed by atoms with van der Waals surface area (Å²) in [6.07, 6.45) is 6.21. The molecule has 1 heterocycles. The molecule has 0 aliphatic heterocycles. The van der Waals surface area contributed by atoms with Crippen molar-refractivity contribution in [3.05, 3.63) is 10.5 Å². The number of hydrogen-bond donors (Lipinski definition) is 2. The minimum atomic E-state index is -0.204. The van der Waals surface area contributed by atoms with Crippen molar-refractivity contribution >= 4 is 17.7 Å². The molecular weight excluding hydrogens is 312 g/mol. The summed E-state index contributed by atoms with van der Waals surface area (Å²) in [5.41, 5.74) is -0.204. The van der Waals surface area contributed by atoms with Crippen LogP contribution >= 0.6 is 11.8 Å². The molecule has 0 aromatic carbocycles. The lowest BCUT2D eigenvalue weighted by molar-refractivity contribution is -0.119. The third kappa shape index (κ3) is 3.65. The van der Waals surface area contributed by atoms with E-state index in [0.29, 0.717) is 23.4 Å². The number of H-pyrrole nitrogens is 1. The Morgan fingerprint density at radius 2 is 2.30 bits per heavy atom. The van der Waals surface area contributed by atoms with Crippen LogP contribution in [0.3, 0.4) is 0 Å². The quantitative estimate of drug-likeness (QED) is 0.746. The molecule has 23 heavy (non-hydrogen) atoms. The number of carbonyl (C=O) groups is 1. The van der Waals surface area contributed by atoms with Crippen LogP contribution < -0.4 is 11.0 Å². The molecule has 7 heteroatoms. The second-order valence-corrected chi connectivity index (χ2v) is 7.89. The molecule has 4 unspecified atom stereocenters. The van der Waals surface area contributed by atoms with Crippen LogP contribution in [0.4, 0.5) is 0 Å². The number of aromatic nitrogens is 3. The molecule has 1 amide bonds. The van der Waals surface area contributed by atoms with Crippen LogP contribution in [0.25, 0.3) is 0 Å². The normalized spacial score (nSPS) is 27.3. The van der Waals surface area contributed by atoms with Gasteiger partial charge in [-0.05, 0) is 50.4 Å². The first kappa shape index (κ1) is 16.6. The third-order valence-corrected chi connectivity index (χ3v) is 6.30. The molecule has 1 aromatic rings. The molecule has 128 valence electrons. The van der Waals surface area contributed by atoms with E-state index in [0.717, 1.165) is 18.3 Å². The standard InChI is InChI=1S/C16H26N4O2S/c1-3-6-20-15(22)18-19-16(20)23-9-14(21)17-10(2)13-8-11-4-5-12(13)7-11/h10-13H,3-9H2,1-2H3,(H,17,21)(H,18,22). The maximum Gasteiger partial charge on any atom is 0.343 e. The molecule has 2 saturated carbocycles. The van der Waals surface area contributed by atoms with E-state index in [1.54, 1.807) is 4.57 Å². The predicted octanol–water partition coefficient (Wildman–Crippen LogP) is 2.01. The Morgan fingerprint density at radius 3 is 2.96 bits per heavy atom. The fraction of sp³-hybridized carbons (Fsp3) is 0.812. The highest BCUT2D eigenvalue weighted by atomic mass is 32.2. The van der Waals surface area contributed by atoms with Crippen molar-refractivity contribution in [3.8, 4) is 0 Å². The summed E-state index contributed by atoms with van der Waals surface area (Å²) < 4.78 is 1.59. The van der Waals surface area contributed by atoms with Gasteiger partial charge in [-0.2, -0.15) is 0 Å². The van der Waals surface area contributed by atoms with Gasteiger partial charge in [-0.15, -0.1) is 5.10 Å².